The molecule has 172 valence electrons. The summed E-state index contributed by atoms with van der Waals surface area (Å²) in [6, 6.07) is 36.4. The second-order valence-corrected chi connectivity index (χ2v) is 8.70. The highest BCUT2D eigenvalue weighted by Crippen LogP contribution is 2.36. The molecule has 0 radical (unpaired) electrons. The largest absolute Gasteiger partial charge is 0.478 e. The summed E-state index contributed by atoms with van der Waals surface area (Å²) in [5.41, 5.74) is 2.35. The fourth-order valence-electron chi connectivity index (χ4n) is 4.97. The van der Waals surface area contributed by atoms with Gasteiger partial charge in [-0.2, -0.15) is 0 Å². The van der Waals surface area contributed by atoms with Gasteiger partial charge in [-0.1, -0.05) is 97.1 Å². The Kier molecular flexibility index (Phi) is 5.20. The zero-order valence-corrected chi connectivity index (χ0v) is 19.2. The van der Waals surface area contributed by atoms with Crippen LogP contribution in [-0.2, 0) is 0 Å². The van der Waals surface area contributed by atoms with E-state index in [4.69, 9.17) is 0 Å². The smallest absolute Gasteiger partial charge is 0.336 e. The third-order valence-corrected chi connectivity index (χ3v) is 6.63. The molecule has 6 aromatic carbocycles. The van der Waals surface area contributed by atoms with E-state index in [1.807, 2.05) is 42.5 Å². The van der Waals surface area contributed by atoms with Crippen molar-refractivity contribution < 1.29 is 14.7 Å². The fraction of sp³-hybridized carbons (Fsp3) is 0. The third kappa shape index (κ3) is 3.56. The predicted octanol–water partition coefficient (Wildman–Crippen LogP) is 7.76. The Labute approximate surface area is 207 Å². The highest BCUT2D eigenvalue weighted by Gasteiger charge is 2.19. The number of carboxylic acid groups (broad SMARTS) is 1. The molecule has 4 nitrogen and oxygen atoms in total. The SMILES string of the molecule is O=C(O)c1ccccc1-c1ccccc1C(=O)Nc1cc2c3ccccc3ccc2c2ccccc12. The van der Waals surface area contributed by atoms with Crippen molar-refractivity contribution >= 4 is 49.9 Å². The number of nitrogens with one attached hydrogen (secondary N) is 1. The second kappa shape index (κ2) is 8.67. The molecule has 36 heavy (non-hydrogen) atoms. The second-order valence-electron chi connectivity index (χ2n) is 8.70. The molecule has 6 aromatic rings. The van der Waals surface area contributed by atoms with Crippen molar-refractivity contribution in [1.29, 1.82) is 0 Å². The lowest BCUT2D eigenvalue weighted by Gasteiger charge is -2.15. The molecular weight excluding hydrogens is 446 g/mol. The lowest BCUT2D eigenvalue weighted by molar-refractivity contribution is 0.0697. The van der Waals surface area contributed by atoms with Crippen LogP contribution in [0.5, 0.6) is 0 Å². The van der Waals surface area contributed by atoms with Crippen LogP contribution in [0.25, 0.3) is 43.4 Å². The monoisotopic (exact) mass is 467 g/mol. The number of fused-ring (bicyclic) bond motifs is 5. The number of hydrogen-bond acceptors (Lipinski definition) is 2. The van der Waals surface area contributed by atoms with E-state index >= 15 is 0 Å². The van der Waals surface area contributed by atoms with E-state index in [2.05, 4.69) is 35.6 Å². The number of rotatable bonds is 4. The lowest BCUT2D eigenvalue weighted by atomic mass is 9.94. The quantitative estimate of drug-likeness (QED) is 0.260. The minimum absolute atomic E-state index is 0.153. The van der Waals surface area contributed by atoms with Gasteiger partial charge in [-0.25, -0.2) is 4.79 Å². The van der Waals surface area contributed by atoms with Crippen LogP contribution in [-0.4, -0.2) is 17.0 Å². The molecule has 0 aliphatic heterocycles. The number of hydrogen-bond donors (Lipinski definition) is 2. The van der Waals surface area contributed by atoms with E-state index in [1.165, 1.54) is 0 Å². The van der Waals surface area contributed by atoms with Gasteiger partial charge in [0.2, 0.25) is 0 Å². The van der Waals surface area contributed by atoms with Gasteiger partial charge in [-0.15, -0.1) is 0 Å². The van der Waals surface area contributed by atoms with Gasteiger partial charge in [0.25, 0.3) is 5.91 Å². The van der Waals surface area contributed by atoms with Crippen molar-refractivity contribution in [1.82, 2.24) is 0 Å². The Morgan fingerprint density at radius 2 is 1.08 bits per heavy atom. The highest BCUT2D eigenvalue weighted by atomic mass is 16.4. The minimum Gasteiger partial charge on any atom is -0.478 e. The summed E-state index contributed by atoms with van der Waals surface area (Å²) in [6.45, 7) is 0. The summed E-state index contributed by atoms with van der Waals surface area (Å²) < 4.78 is 0. The molecule has 0 unspecified atom stereocenters. The lowest BCUT2D eigenvalue weighted by Crippen LogP contribution is -2.14. The van der Waals surface area contributed by atoms with Crippen molar-refractivity contribution in [3.63, 3.8) is 0 Å². The topological polar surface area (TPSA) is 66.4 Å². The van der Waals surface area contributed by atoms with Gasteiger partial charge in [0.15, 0.2) is 0 Å². The molecule has 0 saturated carbocycles. The van der Waals surface area contributed by atoms with E-state index in [1.54, 1.807) is 42.5 Å². The maximum atomic E-state index is 13.7. The maximum Gasteiger partial charge on any atom is 0.336 e. The van der Waals surface area contributed by atoms with Crippen molar-refractivity contribution in [2.24, 2.45) is 0 Å². The van der Waals surface area contributed by atoms with Gasteiger partial charge in [-0.05, 0) is 56.3 Å². The standard InChI is InChI=1S/C32H21NO3/c34-31(27-15-7-4-12-23(27)24-13-5-8-16-28(24)32(35)36)33-30-19-29-21-10-2-1-9-20(21)17-18-25(29)22-11-3-6-14-26(22)30/h1-19H,(H,33,34)(H,35,36). The minimum atomic E-state index is -1.03. The zero-order chi connectivity index (χ0) is 24.6. The molecule has 6 rings (SSSR count). The van der Waals surface area contributed by atoms with Gasteiger partial charge in [-0.3, -0.25) is 4.79 Å². The average molecular weight is 468 g/mol. The molecule has 1 amide bonds. The molecule has 0 fully saturated rings. The Balaban J connectivity index is 1.52. The van der Waals surface area contributed by atoms with E-state index in [-0.39, 0.29) is 11.5 Å². The van der Waals surface area contributed by atoms with E-state index < -0.39 is 5.97 Å². The van der Waals surface area contributed by atoms with Gasteiger partial charge in [0, 0.05) is 16.6 Å². The normalized spacial score (nSPS) is 11.1. The molecular formula is C32H21NO3. The van der Waals surface area contributed by atoms with Crippen LogP contribution in [0, 0.1) is 0 Å². The van der Waals surface area contributed by atoms with Crippen LogP contribution in [0.2, 0.25) is 0 Å². The van der Waals surface area contributed by atoms with Gasteiger partial charge in [0.05, 0.1) is 5.56 Å². The molecule has 2 N–H and O–H groups in total. The number of aromatic carboxylic acids is 1. The first kappa shape index (κ1) is 21.6. The van der Waals surface area contributed by atoms with E-state index in [9.17, 15) is 14.7 Å². The summed E-state index contributed by atoms with van der Waals surface area (Å²) in [5, 5.41) is 19.3. The molecule has 0 heterocycles. The average Bonchev–Trinajstić information content (AvgIpc) is 2.93. The first-order chi connectivity index (χ1) is 17.6. The van der Waals surface area contributed by atoms with Crippen LogP contribution in [0.15, 0.2) is 115 Å². The van der Waals surface area contributed by atoms with Crippen molar-refractivity contribution in [3.05, 3.63) is 126 Å². The summed E-state index contributed by atoms with van der Waals surface area (Å²) >= 11 is 0. The van der Waals surface area contributed by atoms with Crippen LogP contribution in [0.4, 0.5) is 5.69 Å². The number of carbonyl (C=O) groups is 2. The van der Waals surface area contributed by atoms with Gasteiger partial charge in [0.1, 0.15) is 0 Å². The number of amides is 1. The van der Waals surface area contributed by atoms with Gasteiger partial charge < -0.3 is 10.4 Å². The summed E-state index contributed by atoms with van der Waals surface area (Å²) in [6.07, 6.45) is 0. The number of anilines is 1. The molecule has 0 bridgehead atoms. The van der Waals surface area contributed by atoms with Crippen LogP contribution in [0.3, 0.4) is 0 Å². The summed E-state index contributed by atoms with van der Waals surface area (Å²) in [7, 11) is 0. The predicted molar refractivity (Wildman–Crippen MR) is 146 cm³/mol. The van der Waals surface area contributed by atoms with Crippen LogP contribution in [0.1, 0.15) is 20.7 Å². The number of carboxylic acids is 1. The summed E-state index contributed by atoms with van der Waals surface area (Å²) in [5.74, 6) is -1.33. The fourth-order valence-corrected chi connectivity index (χ4v) is 4.97. The molecule has 0 aliphatic carbocycles. The van der Waals surface area contributed by atoms with Gasteiger partial charge >= 0.3 is 5.97 Å². The molecule has 4 heteroatoms. The van der Waals surface area contributed by atoms with Crippen molar-refractivity contribution in [3.8, 4) is 11.1 Å². The number of benzene rings is 6. The van der Waals surface area contributed by atoms with Crippen LogP contribution < -0.4 is 5.32 Å². The highest BCUT2D eigenvalue weighted by molar-refractivity contribution is 6.23. The molecule has 0 saturated heterocycles. The maximum absolute atomic E-state index is 13.7. The zero-order valence-electron chi connectivity index (χ0n) is 19.2. The Morgan fingerprint density at radius 1 is 0.528 bits per heavy atom. The first-order valence-corrected chi connectivity index (χ1v) is 11.7. The molecule has 0 spiro atoms. The molecule has 0 aliphatic rings. The summed E-state index contributed by atoms with van der Waals surface area (Å²) in [4.78, 5) is 25.5. The Morgan fingerprint density at radius 3 is 1.83 bits per heavy atom. The third-order valence-electron chi connectivity index (χ3n) is 6.63. The Bertz CT molecular complexity index is 1820. The first-order valence-electron chi connectivity index (χ1n) is 11.7. The molecule has 0 aromatic heterocycles. The van der Waals surface area contributed by atoms with E-state index in [0.29, 0.717) is 22.4 Å². The van der Waals surface area contributed by atoms with Crippen molar-refractivity contribution in [2.45, 2.75) is 0 Å². The molecule has 0 atom stereocenters. The van der Waals surface area contributed by atoms with Crippen molar-refractivity contribution in [2.75, 3.05) is 5.32 Å². The number of carbonyl (C=O) groups excluding carboxylic acids is 1. The Hall–Kier alpha value is -4.96. The van der Waals surface area contributed by atoms with Crippen LogP contribution >= 0.6 is 0 Å². The van der Waals surface area contributed by atoms with E-state index in [0.717, 1.165) is 32.3 Å².